The molecule has 0 aliphatic carbocycles. The average molecular weight is 226 g/mol. The van der Waals surface area contributed by atoms with Crippen molar-refractivity contribution < 1.29 is 0 Å². The molecule has 2 aromatic rings. The van der Waals surface area contributed by atoms with Crippen LogP contribution in [-0.2, 0) is 6.54 Å². The van der Waals surface area contributed by atoms with Gasteiger partial charge >= 0.3 is 0 Å². The van der Waals surface area contributed by atoms with Crippen molar-refractivity contribution in [2.75, 3.05) is 0 Å². The molecule has 6 heteroatoms. The summed E-state index contributed by atoms with van der Waals surface area (Å²) in [5, 5.41) is 0. The number of fused-ring (bicyclic) bond motifs is 1. The van der Waals surface area contributed by atoms with Gasteiger partial charge in [-0.15, -0.1) is 0 Å². The lowest BCUT2D eigenvalue weighted by molar-refractivity contribution is 0.670. The first-order valence-corrected chi connectivity index (χ1v) is 5.22. The van der Waals surface area contributed by atoms with E-state index in [1.807, 2.05) is 4.57 Å². The Morgan fingerprint density at radius 1 is 1.50 bits per heavy atom. The number of aromatic nitrogens is 4. The van der Waals surface area contributed by atoms with Crippen LogP contribution in [0.3, 0.4) is 0 Å². The van der Waals surface area contributed by atoms with Crippen LogP contribution in [0.5, 0.6) is 0 Å². The average Bonchev–Trinajstić information content (AvgIpc) is 2.60. The number of aromatic amines is 2. The van der Waals surface area contributed by atoms with Crippen LogP contribution in [-0.4, -0.2) is 19.5 Å². The van der Waals surface area contributed by atoms with Crippen molar-refractivity contribution in [2.24, 2.45) is 0 Å². The zero-order valence-corrected chi connectivity index (χ0v) is 9.34. The van der Waals surface area contributed by atoms with Crippen LogP contribution in [0, 0.1) is 9.41 Å². The Kier molecular flexibility index (Phi) is 2.47. The van der Waals surface area contributed by atoms with Gasteiger partial charge in [-0.1, -0.05) is 19.1 Å². The van der Waals surface area contributed by atoms with E-state index < -0.39 is 0 Å². The highest BCUT2D eigenvalue weighted by Crippen LogP contribution is 2.10. The molecule has 0 aliphatic rings. The molecular weight excluding hydrogens is 216 g/mol. The van der Waals surface area contributed by atoms with E-state index in [2.05, 4.69) is 21.9 Å². The zero-order chi connectivity index (χ0) is 10.1. The first kappa shape index (κ1) is 9.54. The summed E-state index contributed by atoms with van der Waals surface area (Å²) in [5.74, 6) is 0. The number of aryl methyl sites for hydroxylation is 1. The predicted octanol–water partition coefficient (Wildman–Crippen LogP) is 2.56. The molecule has 2 N–H and O–H groups in total. The van der Waals surface area contributed by atoms with Gasteiger partial charge in [-0.3, -0.25) is 0 Å². The lowest BCUT2D eigenvalue weighted by Gasteiger charge is -2.05. The molecule has 0 aliphatic heterocycles. The summed E-state index contributed by atoms with van der Waals surface area (Å²) in [6, 6.07) is 0. The van der Waals surface area contributed by atoms with E-state index in [0.29, 0.717) is 9.41 Å². The molecule has 0 atom stereocenters. The van der Waals surface area contributed by atoms with Crippen molar-refractivity contribution in [3.05, 3.63) is 15.7 Å². The Labute approximate surface area is 91.0 Å². The number of hydrogen-bond acceptors (Lipinski definition) is 3. The topological polar surface area (TPSA) is 49.4 Å². The molecule has 0 amide bonds. The fraction of sp³-hybridized carbons (Fsp3) is 0.375. The third-order valence-corrected chi connectivity index (χ3v) is 2.64. The van der Waals surface area contributed by atoms with Crippen LogP contribution in [0.1, 0.15) is 13.3 Å². The van der Waals surface area contributed by atoms with Gasteiger partial charge < -0.3 is 14.5 Å². The van der Waals surface area contributed by atoms with Gasteiger partial charge in [0.15, 0.2) is 10.4 Å². The summed E-state index contributed by atoms with van der Waals surface area (Å²) in [4.78, 5) is 10.2. The zero-order valence-electron chi connectivity index (χ0n) is 7.70. The number of H-pyrrole nitrogens is 2. The maximum atomic E-state index is 5.19. The normalized spacial score (nSPS) is 10.9. The minimum Gasteiger partial charge on any atom is -0.341 e. The van der Waals surface area contributed by atoms with Crippen LogP contribution in [0.4, 0.5) is 0 Å². The fourth-order valence-corrected chi connectivity index (χ4v) is 2.00. The second-order valence-electron chi connectivity index (χ2n) is 3.01. The third kappa shape index (κ3) is 1.40. The van der Waals surface area contributed by atoms with Crippen molar-refractivity contribution >= 4 is 35.6 Å². The number of nitrogens with zero attached hydrogens (tertiary/aromatic N) is 2. The molecular formula is C8H10N4S2. The maximum Gasteiger partial charge on any atom is 0.179 e. The third-order valence-electron chi connectivity index (χ3n) is 2.01. The van der Waals surface area contributed by atoms with E-state index in [9.17, 15) is 0 Å². The van der Waals surface area contributed by atoms with Gasteiger partial charge in [0.25, 0.3) is 0 Å². The standard InChI is InChI=1S/C8H10N4S2/c1-2-3-12-6-5(9-4-10-6)7(13)11-8(12)14/h4H,2-3H2,1H3,(H,9,10)(H,11,13,14). The molecule has 0 fully saturated rings. The predicted molar refractivity (Wildman–Crippen MR) is 60.4 cm³/mol. The van der Waals surface area contributed by atoms with E-state index in [-0.39, 0.29) is 0 Å². The number of hydrogen-bond donors (Lipinski definition) is 2. The molecule has 0 aromatic carbocycles. The van der Waals surface area contributed by atoms with Gasteiger partial charge in [0.2, 0.25) is 0 Å². The van der Waals surface area contributed by atoms with E-state index in [1.165, 1.54) is 0 Å². The van der Waals surface area contributed by atoms with Crippen LogP contribution >= 0.6 is 24.4 Å². The van der Waals surface area contributed by atoms with Crippen LogP contribution in [0.25, 0.3) is 11.2 Å². The van der Waals surface area contributed by atoms with Gasteiger partial charge in [-0.25, -0.2) is 4.98 Å². The Bertz CT molecular complexity index is 562. The van der Waals surface area contributed by atoms with Crippen LogP contribution < -0.4 is 0 Å². The van der Waals surface area contributed by atoms with Crippen molar-refractivity contribution in [1.82, 2.24) is 19.5 Å². The SMILES string of the molecule is CCCn1c(=S)[nH]c(=S)c2[nH]cnc21. The number of rotatable bonds is 2. The minimum atomic E-state index is 0.620. The second-order valence-corrected chi connectivity index (χ2v) is 3.81. The molecule has 0 radical (unpaired) electrons. The summed E-state index contributed by atoms with van der Waals surface area (Å²) in [6.45, 7) is 2.95. The highest BCUT2D eigenvalue weighted by atomic mass is 32.1. The van der Waals surface area contributed by atoms with Crippen LogP contribution in [0.2, 0.25) is 0 Å². The molecule has 4 nitrogen and oxygen atoms in total. The minimum absolute atomic E-state index is 0.620. The van der Waals surface area contributed by atoms with Gasteiger partial charge in [0, 0.05) is 6.54 Å². The lowest BCUT2D eigenvalue weighted by Crippen LogP contribution is -2.03. The summed E-state index contributed by atoms with van der Waals surface area (Å²) in [7, 11) is 0. The molecule has 2 aromatic heterocycles. The molecule has 74 valence electrons. The van der Waals surface area contributed by atoms with Gasteiger partial charge in [0.1, 0.15) is 10.2 Å². The van der Waals surface area contributed by atoms with E-state index in [0.717, 1.165) is 24.1 Å². The second kappa shape index (κ2) is 3.62. The summed E-state index contributed by atoms with van der Waals surface area (Å²) in [5.41, 5.74) is 1.68. The first-order chi connectivity index (χ1) is 6.74. The van der Waals surface area contributed by atoms with E-state index >= 15 is 0 Å². The summed E-state index contributed by atoms with van der Waals surface area (Å²) < 4.78 is 3.21. The Hall–Kier alpha value is -1.01. The molecule has 14 heavy (non-hydrogen) atoms. The molecule has 2 heterocycles. The first-order valence-electron chi connectivity index (χ1n) is 4.40. The molecule has 0 spiro atoms. The summed E-state index contributed by atoms with van der Waals surface area (Å²) >= 11 is 10.3. The Balaban J connectivity index is 2.86. The van der Waals surface area contributed by atoms with Crippen molar-refractivity contribution in [3.8, 4) is 0 Å². The van der Waals surface area contributed by atoms with Crippen molar-refractivity contribution in [1.29, 1.82) is 0 Å². The van der Waals surface area contributed by atoms with Crippen molar-refractivity contribution in [3.63, 3.8) is 0 Å². The van der Waals surface area contributed by atoms with E-state index in [1.54, 1.807) is 6.33 Å². The van der Waals surface area contributed by atoms with Gasteiger partial charge in [-0.2, -0.15) is 0 Å². The molecule has 0 bridgehead atoms. The van der Waals surface area contributed by atoms with Gasteiger partial charge in [0.05, 0.1) is 6.33 Å². The number of imidazole rings is 1. The lowest BCUT2D eigenvalue weighted by atomic mass is 10.4. The monoisotopic (exact) mass is 226 g/mol. The molecule has 0 saturated heterocycles. The van der Waals surface area contributed by atoms with Crippen LogP contribution in [0.15, 0.2) is 6.33 Å². The van der Waals surface area contributed by atoms with E-state index in [4.69, 9.17) is 24.4 Å². The smallest absolute Gasteiger partial charge is 0.179 e. The fourth-order valence-electron chi connectivity index (χ4n) is 1.41. The Morgan fingerprint density at radius 2 is 2.29 bits per heavy atom. The largest absolute Gasteiger partial charge is 0.341 e. The Morgan fingerprint density at radius 3 is 3.00 bits per heavy atom. The highest BCUT2D eigenvalue weighted by Gasteiger charge is 2.04. The highest BCUT2D eigenvalue weighted by molar-refractivity contribution is 7.72. The molecule has 0 saturated carbocycles. The summed E-state index contributed by atoms with van der Waals surface area (Å²) in [6.07, 6.45) is 2.65. The maximum absolute atomic E-state index is 5.19. The quantitative estimate of drug-likeness (QED) is 0.774. The molecule has 0 unspecified atom stereocenters. The number of nitrogens with one attached hydrogen (secondary N) is 2. The van der Waals surface area contributed by atoms with Crippen molar-refractivity contribution in [2.45, 2.75) is 19.9 Å². The molecule has 2 rings (SSSR count). The van der Waals surface area contributed by atoms with Gasteiger partial charge in [-0.05, 0) is 18.6 Å².